The number of hydrogen-bond donors (Lipinski definition) is 2. The molecule has 0 amide bonds. The van der Waals surface area contributed by atoms with Crippen LogP contribution in [0.2, 0.25) is 0 Å². The van der Waals surface area contributed by atoms with Crippen LogP contribution >= 0.6 is 15.9 Å². The van der Waals surface area contributed by atoms with Gasteiger partial charge in [0, 0.05) is 28.8 Å². The fourth-order valence-electron chi connectivity index (χ4n) is 1.81. The Morgan fingerprint density at radius 2 is 2.12 bits per heavy atom. The molecule has 17 heavy (non-hydrogen) atoms. The van der Waals surface area contributed by atoms with Crippen LogP contribution in [-0.4, -0.2) is 10.2 Å². The minimum Gasteiger partial charge on any atom is -0.308 e. The van der Waals surface area contributed by atoms with Crippen LogP contribution in [0.3, 0.4) is 0 Å². The van der Waals surface area contributed by atoms with Crippen LogP contribution in [0, 0.1) is 13.8 Å². The number of nitrogens with zero attached hydrogens (tertiary/aromatic N) is 1. The summed E-state index contributed by atoms with van der Waals surface area (Å²) >= 11 is 3.47. The second-order valence-corrected chi connectivity index (χ2v) is 5.06. The van der Waals surface area contributed by atoms with Crippen molar-refractivity contribution in [1.29, 1.82) is 0 Å². The summed E-state index contributed by atoms with van der Waals surface area (Å²) in [5.74, 6) is 0. The SMILES string of the molecule is Cc1n[nH]c(C)c1CNCc1cccc(Br)c1. The van der Waals surface area contributed by atoms with Gasteiger partial charge in [0.1, 0.15) is 0 Å². The fourth-order valence-corrected chi connectivity index (χ4v) is 2.26. The molecule has 2 aromatic rings. The lowest BCUT2D eigenvalue weighted by atomic mass is 10.2. The lowest BCUT2D eigenvalue weighted by Gasteiger charge is -2.05. The van der Waals surface area contributed by atoms with E-state index >= 15 is 0 Å². The van der Waals surface area contributed by atoms with E-state index in [1.54, 1.807) is 0 Å². The summed E-state index contributed by atoms with van der Waals surface area (Å²) < 4.78 is 1.12. The van der Waals surface area contributed by atoms with E-state index in [0.29, 0.717) is 0 Å². The molecule has 4 heteroatoms. The molecule has 90 valence electrons. The molecule has 3 nitrogen and oxygen atoms in total. The molecule has 0 saturated carbocycles. The highest BCUT2D eigenvalue weighted by Gasteiger charge is 2.05. The molecule has 0 bridgehead atoms. The van der Waals surface area contributed by atoms with Gasteiger partial charge >= 0.3 is 0 Å². The topological polar surface area (TPSA) is 40.7 Å². The maximum Gasteiger partial charge on any atom is 0.0638 e. The Labute approximate surface area is 110 Å². The number of hydrogen-bond acceptors (Lipinski definition) is 2. The van der Waals surface area contributed by atoms with Crippen LogP contribution in [0.15, 0.2) is 28.7 Å². The van der Waals surface area contributed by atoms with Crippen molar-refractivity contribution < 1.29 is 0 Å². The smallest absolute Gasteiger partial charge is 0.0638 e. The highest BCUT2D eigenvalue weighted by atomic mass is 79.9. The molecule has 0 aliphatic rings. The lowest BCUT2D eigenvalue weighted by Crippen LogP contribution is -2.13. The van der Waals surface area contributed by atoms with E-state index in [0.717, 1.165) is 29.0 Å². The number of aromatic amines is 1. The molecule has 1 heterocycles. The molecule has 2 rings (SSSR count). The van der Waals surface area contributed by atoms with Crippen LogP contribution < -0.4 is 5.32 Å². The molecular formula is C13H16BrN3. The van der Waals surface area contributed by atoms with E-state index in [2.05, 4.69) is 56.6 Å². The first-order chi connectivity index (χ1) is 8.16. The minimum atomic E-state index is 0.848. The first kappa shape index (κ1) is 12.3. The molecule has 0 spiro atoms. The number of aromatic nitrogens is 2. The Morgan fingerprint density at radius 1 is 1.29 bits per heavy atom. The van der Waals surface area contributed by atoms with Gasteiger partial charge in [0.15, 0.2) is 0 Å². The van der Waals surface area contributed by atoms with Crippen LogP contribution in [0.25, 0.3) is 0 Å². The van der Waals surface area contributed by atoms with Crippen LogP contribution in [0.1, 0.15) is 22.5 Å². The summed E-state index contributed by atoms with van der Waals surface area (Å²) in [5, 5.41) is 10.6. The second-order valence-electron chi connectivity index (χ2n) is 4.15. The average molecular weight is 294 g/mol. The van der Waals surface area contributed by atoms with Crippen molar-refractivity contribution in [2.24, 2.45) is 0 Å². The molecule has 1 aromatic carbocycles. The molecule has 0 aliphatic carbocycles. The fraction of sp³-hybridized carbons (Fsp3) is 0.308. The van der Waals surface area contributed by atoms with Crippen molar-refractivity contribution in [3.63, 3.8) is 0 Å². The van der Waals surface area contributed by atoms with E-state index in [9.17, 15) is 0 Å². The van der Waals surface area contributed by atoms with Crippen molar-refractivity contribution >= 4 is 15.9 Å². The summed E-state index contributed by atoms with van der Waals surface area (Å²) in [7, 11) is 0. The van der Waals surface area contributed by atoms with E-state index in [4.69, 9.17) is 0 Å². The Bertz CT molecular complexity index is 486. The van der Waals surface area contributed by atoms with E-state index < -0.39 is 0 Å². The number of benzene rings is 1. The zero-order valence-electron chi connectivity index (χ0n) is 10.0. The highest BCUT2D eigenvalue weighted by Crippen LogP contribution is 2.12. The predicted molar refractivity (Wildman–Crippen MR) is 72.7 cm³/mol. The van der Waals surface area contributed by atoms with Gasteiger partial charge in [-0.05, 0) is 31.5 Å². The standard InChI is InChI=1S/C13H16BrN3/c1-9-13(10(2)17-16-9)8-15-7-11-4-3-5-12(14)6-11/h3-6,15H,7-8H2,1-2H3,(H,16,17). The zero-order chi connectivity index (χ0) is 12.3. The van der Waals surface area contributed by atoms with Gasteiger partial charge in [-0.25, -0.2) is 0 Å². The largest absolute Gasteiger partial charge is 0.308 e. The number of nitrogens with one attached hydrogen (secondary N) is 2. The Morgan fingerprint density at radius 3 is 2.76 bits per heavy atom. The maximum absolute atomic E-state index is 4.18. The summed E-state index contributed by atoms with van der Waals surface area (Å²) in [6, 6.07) is 8.33. The number of H-pyrrole nitrogens is 1. The number of halogens is 1. The summed E-state index contributed by atoms with van der Waals surface area (Å²) in [4.78, 5) is 0. The van der Waals surface area contributed by atoms with Gasteiger partial charge in [-0.2, -0.15) is 5.10 Å². The summed E-state index contributed by atoms with van der Waals surface area (Å²) in [6.07, 6.45) is 0. The molecule has 1 aromatic heterocycles. The molecule has 2 N–H and O–H groups in total. The van der Waals surface area contributed by atoms with Gasteiger partial charge in [0.2, 0.25) is 0 Å². The number of rotatable bonds is 4. The monoisotopic (exact) mass is 293 g/mol. The summed E-state index contributed by atoms with van der Waals surface area (Å²) in [5.41, 5.74) is 4.76. The molecule has 0 atom stereocenters. The van der Waals surface area contributed by atoms with Crippen molar-refractivity contribution in [3.05, 3.63) is 51.3 Å². The van der Waals surface area contributed by atoms with Crippen molar-refractivity contribution in [2.75, 3.05) is 0 Å². The third kappa shape index (κ3) is 3.17. The lowest BCUT2D eigenvalue weighted by molar-refractivity contribution is 0.688. The van der Waals surface area contributed by atoms with Crippen LogP contribution in [0.5, 0.6) is 0 Å². The van der Waals surface area contributed by atoms with E-state index in [1.807, 2.05) is 13.0 Å². The van der Waals surface area contributed by atoms with Gasteiger partial charge in [0.25, 0.3) is 0 Å². The second kappa shape index (κ2) is 5.47. The zero-order valence-corrected chi connectivity index (χ0v) is 11.6. The third-order valence-corrected chi connectivity index (χ3v) is 3.29. The van der Waals surface area contributed by atoms with Crippen molar-refractivity contribution in [1.82, 2.24) is 15.5 Å². The number of aryl methyl sites for hydroxylation is 2. The first-order valence-corrected chi connectivity index (χ1v) is 6.41. The summed E-state index contributed by atoms with van der Waals surface area (Å²) in [6.45, 7) is 5.79. The Hall–Kier alpha value is -1.13. The van der Waals surface area contributed by atoms with Crippen molar-refractivity contribution in [2.45, 2.75) is 26.9 Å². The van der Waals surface area contributed by atoms with Gasteiger partial charge in [-0.15, -0.1) is 0 Å². The third-order valence-electron chi connectivity index (χ3n) is 2.80. The van der Waals surface area contributed by atoms with Crippen molar-refractivity contribution in [3.8, 4) is 0 Å². The minimum absolute atomic E-state index is 0.848. The normalized spacial score (nSPS) is 10.8. The maximum atomic E-state index is 4.18. The predicted octanol–water partition coefficient (Wildman–Crippen LogP) is 3.08. The van der Waals surface area contributed by atoms with Gasteiger partial charge in [-0.1, -0.05) is 28.1 Å². The van der Waals surface area contributed by atoms with Gasteiger partial charge in [-0.3, -0.25) is 5.10 Å². The van der Waals surface area contributed by atoms with Crippen LogP contribution in [0.4, 0.5) is 0 Å². The molecule has 0 fully saturated rings. The molecule has 0 aliphatic heterocycles. The van der Waals surface area contributed by atoms with Gasteiger partial charge < -0.3 is 5.32 Å². The molecular weight excluding hydrogens is 278 g/mol. The highest BCUT2D eigenvalue weighted by molar-refractivity contribution is 9.10. The average Bonchev–Trinajstić information content (AvgIpc) is 2.61. The molecule has 0 unspecified atom stereocenters. The van der Waals surface area contributed by atoms with Crippen LogP contribution in [-0.2, 0) is 13.1 Å². The first-order valence-electron chi connectivity index (χ1n) is 5.62. The quantitative estimate of drug-likeness (QED) is 0.910. The molecule has 0 saturated heterocycles. The molecule has 0 radical (unpaired) electrons. The van der Waals surface area contributed by atoms with Gasteiger partial charge in [0.05, 0.1) is 5.69 Å². The van der Waals surface area contributed by atoms with E-state index in [1.165, 1.54) is 11.1 Å². The Kier molecular flexibility index (Phi) is 3.97. The van der Waals surface area contributed by atoms with E-state index in [-0.39, 0.29) is 0 Å². The Balaban J connectivity index is 1.92.